The van der Waals surface area contributed by atoms with E-state index in [0.717, 1.165) is 25.1 Å². The maximum Gasteiger partial charge on any atom is 0.254 e. The van der Waals surface area contributed by atoms with Crippen molar-refractivity contribution in [3.63, 3.8) is 0 Å². The zero-order valence-corrected chi connectivity index (χ0v) is 8.87. The largest absolute Gasteiger partial charge is 0.330 e. The number of amides is 1. The number of halogens is 1. The molecule has 0 radical (unpaired) electrons. The maximum absolute atomic E-state index is 13.1. The minimum atomic E-state index is -0.335. The first kappa shape index (κ1) is 9.78. The molecule has 4 heteroatoms. The van der Waals surface area contributed by atoms with Gasteiger partial charge in [-0.15, -0.1) is 0 Å². The van der Waals surface area contributed by atoms with E-state index in [-0.39, 0.29) is 17.8 Å². The Kier molecular flexibility index (Phi) is 2.17. The molecule has 2 aliphatic heterocycles. The lowest BCUT2D eigenvalue weighted by Gasteiger charge is -2.22. The summed E-state index contributed by atoms with van der Waals surface area (Å²) >= 11 is 0. The summed E-state index contributed by atoms with van der Waals surface area (Å²) in [5, 5.41) is 3.24. The Morgan fingerprint density at radius 3 is 3.06 bits per heavy atom. The number of nitrogens with one attached hydrogen (secondary N) is 1. The van der Waals surface area contributed by atoms with Gasteiger partial charge in [0.15, 0.2) is 0 Å². The standard InChI is InChI=1S/C12H13FN2O/c13-9-2-1-8-7-15(10-3-4-14-6-10)12(16)11(8)5-9/h1-2,5,10,14H,3-4,6-7H2. The quantitative estimate of drug-likeness (QED) is 0.769. The molecule has 2 heterocycles. The van der Waals surface area contributed by atoms with Crippen LogP contribution in [0.15, 0.2) is 18.2 Å². The van der Waals surface area contributed by atoms with E-state index in [0.29, 0.717) is 12.1 Å². The molecular weight excluding hydrogens is 207 g/mol. The maximum atomic E-state index is 13.1. The van der Waals surface area contributed by atoms with Crippen LogP contribution in [0.2, 0.25) is 0 Å². The SMILES string of the molecule is O=C1c2cc(F)ccc2CN1C1CCNC1. The molecule has 1 atom stereocenters. The van der Waals surface area contributed by atoms with E-state index in [9.17, 15) is 9.18 Å². The van der Waals surface area contributed by atoms with Gasteiger partial charge < -0.3 is 10.2 Å². The van der Waals surface area contributed by atoms with Gasteiger partial charge in [0.05, 0.1) is 0 Å². The number of fused-ring (bicyclic) bond motifs is 1. The van der Waals surface area contributed by atoms with Gasteiger partial charge in [-0.1, -0.05) is 6.07 Å². The van der Waals surface area contributed by atoms with Crippen molar-refractivity contribution in [1.29, 1.82) is 0 Å². The number of hydrogen-bond donors (Lipinski definition) is 1. The highest BCUT2D eigenvalue weighted by molar-refractivity contribution is 5.98. The van der Waals surface area contributed by atoms with Gasteiger partial charge in [0.1, 0.15) is 5.82 Å². The second kappa shape index (κ2) is 3.56. The molecule has 0 spiro atoms. The van der Waals surface area contributed by atoms with Crippen LogP contribution in [0.5, 0.6) is 0 Å². The minimum Gasteiger partial charge on any atom is -0.330 e. The number of nitrogens with zero attached hydrogens (tertiary/aromatic N) is 1. The topological polar surface area (TPSA) is 32.3 Å². The van der Waals surface area contributed by atoms with Crippen molar-refractivity contribution in [2.45, 2.75) is 19.0 Å². The number of carbonyl (C=O) groups is 1. The molecule has 0 saturated carbocycles. The highest BCUT2D eigenvalue weighted by Gasteiger charge is 2.33. The summed E-state index contributed by atoms with van der Waals surface area (Å²) in [5.41, 5.74) is 1.48. The smallest absolute Gasteiger partial charge is 0.254 e. The monoisotopic (exact) mass is 220 g/mol. The molecule has 1 aromatic rings. The summed E-state index contributed by atoms with van der Waals surface area (Å²) in [6, 6.07) is 4.75. The van der Waals surface area contributed by atoms with Crippen molar-refractivity contribution in [3.05, 3.63) is 35.1 Å². The van der Waals surface area contributed by atoms with Gasteiger partial charge in [0.2, 0.25) is 0 Å². The number of hydrogen-bond acceptors (Lipinski definition) is 2. The van der Waals surface area contributed by atoms with Crippen LogP contribution < -0.4 is 5.32 Å². The third-order valence-corrected chi connectivity index (χ3v) is 3.38. The third kappa shape index (κ3) is 1.41. The molecule has 16 heavy (non-hydrogen) atoms. The first-order valence-electron chi connectivity index (χ1n) is 5.56. The Labute approximate surface area is 93.2 Å². The number of benzene rings is 1. The summed E-state index contributed by atoms with van der Waals surface area (Å²) < 4.78 is 13.1. The van der Waals surface area contributed by atoms with Crippen LogP contribution in [0.1, 0.15) is 22.3 Å². The van der Waals surface area contributed by atoms with Crippen molar-refractivity contribution >= 4 is 5.91 Å². The second-order valence-electron chi connectivity index (χ2n) is 4.38. The van der Waals surface area contributed by atoms with E-state index in [1.165, 1.54) is 12.1 Å². The van der Waals surface area contributed by atoms with Gasteiger partial charge in [0, 0.05) is 24.7 Å². The molecule has 1 N–H and O–H groups in total. The normalized spacial score (nSPS) is 23.9. The predicted octanol–water partition coefficient (Wildman–Crippen LogP) is 1.14. The summed E-state index contributed by atoms with van der Waals surface area (Å²) in [5.74, 6) is -0.360. The molecular formula is C12H13FN2O. The van der Waals surface area contributed by atoms with Gasteiger partial charge >= 0.3 is 0 Å². The molecule has 0 bridgehead atoms. The Balaban J connectivity index is 1.91. The molecule has 1 unspecified atom stereocenters. The fourth-order valence-corrected chi connectivity index (χ4v) is 2.50. The van der Waals surface area contributed by atoms with Crippen LogP contribution in [0, 0.1) is 5.82 Å². The Morgan fingerprint density at radius 2 is 2.31 bits per heavy atom. The predicted molar refractivity (Wildman–Crippen MR) is 57.5 cm³/mol. The van der Waals surface area contributed by atoms with E-state index in [4.69, 9.17) is 0 Å². The summed E-state index contributed by atoms with van der Waals surface area (Å²) in [6.07, 6.45) is 0.988. The van der Waals surface area contributed by atoms with Gasteiger partial charge in [-0.05, 0) is 30.7 Å². The van der Waals surface area contributed by atoms with E-state index < -0.39 is 0 Å². The van der Waals surface area contributed by atoms with Gasteiger partial charge in [-0.2, -0.15) is 0 Å². The van der Waals surface area contributed by atoms with Crippen molar-refractivity contribution in [1.82, 2.24) is 10.2 Å². The molecule has 1 amide bonds. The Morgan fingerprint density at radius 1 is 1.44 bits per heavy atom. The minimum absolute atomic E-state index is 0.0248. The lowest BCUT2D eigenvalue weighted by Crippen LogP contribution is -2.36. The first-order chi connectivity index (χ1) is 7.75. The number of rotatable bonds is 1. The van der Waals surface area contributed by atoms with E-state index in [2.05, 4.69) is 5.32 Å². The number of carbonyl (C=O) groups excluding carboxylic acids is 1. The molecule has 84 valence electrons. The van der Waals surface area contributed by atoms with Crippen LogP contribution in [-0.2, 0) is 6.54 Å². The van der Waals surface area contributed by atoms with Gasteiger partial charge in [-0.3, -0.25) is 4.79 Å². The van der Waals surface area contributed by atoms with Crippen LogP contribution in [-0.4, -0.2) is 29.9 Å². The molecule has 0 aromatic heterocycles. The highest BCUT2D eigenvalue weighted by Crippen LogP contribution is 2.26. The van der Waals surface area contributed by atoms with Crippen LogP contribution in [0.4, 0.5) is 4.39 Å². The van der Waals surface area contributed by atoms with Gasteiger partial charge in [-0.25, -0.2) is 4.39 Å². The van der Waals surface area contributed by atoms with Crippen LogP contribution >= 0.6 is 0 Å². The summed E-state index contributed by atoms with van der Waals surface area (Å²) in [7, 11) is 0. The lowest BCUT2D eigenvalue weighted by atomic mass is 10.1. The van der Waals surface area contributed by atoms with Crippen molar-refractivity contribution in [2.75, 3.05) is 13.1 Å². The average molecular weight is 220 g/mol. The third-order valence-electron chi connectivity index (χ3n) is 3.38. The van der Waals surface area contributed by atoms with Crippen molar-refractivity contribution in [2.24, 2.45) is 0 Å². The van der Waals surface area contributed by atoms with E-state index in [1.54, 1.807) is 6.07 Å². The molecule has 0 aliphatic carbocycles. The van der Waals surface area contributed by atoms with Gasteiger partial charge in [0.25, 0.3) is 5.91 Å². The second-order valence-corrected chi connectivity index (χ2v) is 4.38. The van der Waals surface area contributed by atoms with E-state index >= 15 is 0 Å². The fraction of sp³-hybridized carbons (Fsp3) is 0.417. The molecule has 2 aliphatic rings. The zero-order valence-electron chi connectivity index (χ0n) is 8.87. The van der Waals surface area contributed by atoms with Crippen LogP contribution in [0.25, 0.3) is 0 Å². The van der Waals surface area contributed by atoms with Crippen molar-refractivity contribution < 1.29 is 9.18 Å². The molecule has 3 rings (SSSR count). The Bertz CT molecular complexity index is 441. The summed E-state index contributed by atoms with van der Waals surface area (Å²) in [4.78, 5) is 13.9. The molecule has 1 fully saturated rings. The summed E-state index contributed by atoms with van der Waals surface area (Å²) in [6.45, 7) is 2.43. The fourth-order valence-electron chi connectivity index (χ4n) is 2.50. The Hall–Kier alpha value is -1.42. The van der Waals surface area contributed by atoms with Crippen molar-refractivity contribution in [3.8, 4) is 0 Å². The first-order valence-corrected chi connectivity index (χ1v) is 5.56. The average Bonchev–Trinajstić information content (AvgIpc) is 2.87. The molecule has 1 aromatic carbocycles. The zero-order chi connectivity index (χ0) is 11.1. The van der Waals surface area contributed by atoms with E-state index in [1.807, 2.05) is 4.90 Å². The van der Waals surface area contributed by atoms with Crippen LogP contribution in [0.3, 0.4) is 0 Å². The highest BCUT2D eigenvalue weighted by atomic mass is 19.1. The molecule has 1 saturated heterocycles. The lowest BCUT2D eigenvalue weighted by molar-refractivity contribution is 0.0717. The molecule has 3 nitrogen and oxygen atoms in total.